The third-order valence-electron chi connectivity index (χ3n) is 6.48. The molecule has 0 fully saturated rings. The summed E-state index contributed by atoms with van der Waals surface area (Å²) in [5.74, 6) is 1.39. The Morgan fingerprint density at radius 1 is 0.906 bits per heavy atom. The van der Waals surface area contributed by atoms with Crippen molar-refractivity contribution in [1.29, 1.82) is 0 Å². The van der Waals surface area contributed by atoms with Gasteiger partial charge < -0.3 is 5.32 Å². The number of hydrogen-bond donors (Lipinski definition) is 1. The number of rotatable bonds is 5. The van der Waals surface area contributed by atoms with E-state index in [2.05, 4.69) is 83.7 Å². The first-order valence-electron chi connectivity index (χ1n) is 11.4. The summed E-state index contributed by atoms with van der Waals surface area (Å²) in [7, 11) is 0. The highest BCUT2D eigenvalue weighted by Crippen LogP contribution is 2.35. The van der Waals surface area contributed by atoms with Gasteiger partial charge in [-0.05, 0) is 55.0 Å². The van der Waals surface area contributed by atoms with E-state index in [1.165, 1.54) is 35.2 Å². The number of fused-ring (bicyclic) bond motifs is 1. The molecule has 0 saturated heterocycles. The fourth-order valence-electron chi connectivity index (χ4n) is 4.73. The Kier molecular flexibility index (Phi) is 6.00. The van der Waals surface area contributed by atoms with E-state index in [4.69, 9.17) is 16.7 Å². The Labute approximate surface area is 195 Å². The molecule has 162 valence electrons. The van der Waals surface area contributed by atoms with Gasteiger partial charge >= 0.3 is 0 Å². The van der Waals surface area contributed by atoms with Crippen LogP contribution in [0.3, 0.4) is 0 Å². The second kappa shape index (κ2) is 9.22. The Morgan fingerprint density at radius 3 is 2.28 bits per heavy atom. The Bertz CT molecular complexity index is 1160. The summed E-state index contributed by atoms with van der Waals surface area (Å²) < 4.78 is 2.09. The Balaban J connectivity index is 1.62. The fourth-order valence-corrected chi connectivity index (χ4v) is 4.90. The van der Waals surface area contributed by atoms with E-state index in [-0.39, 0.29) is 5.92 Å². The van der Waals surface area contributed by atoms with Crippen LogP contribution >= 0.6 is 11.6 Å². The van der Waals surface area contributed by atoms with Gasteiger partial charge in [0, 0.05) is 29.5 Å². The lowest BCUT2D eigenvalue weighted by molar-refractivity contribution is 0.726. The molecule has 0 aliphatic carbocycles. The minimum atomic E-state index is 0.258. The predicted octanol–water partition coefficient (Wildman–Crippen LogP) is 6.96. The topological polar surface area (TPSA) is 29.9 Å². The molecule has 0 amide bonds. The average Bonchev–Trinajstić information content (AvgIpc) is 2.99. The molecule has 4 heteroatoms. The molecule has 0 bridgehead atoms. The van der Waals surface area contributed by atoms with Gasteiger partial charge in [-0.1, -0.05) is 78.3 Å². The molecule has 1 N–H and O–H groups in total. The van der Waals surface area contributed by atoms with E-state index >= 15 is 0 Å². The quantitative estimate of drug-likeness (QED) is 0.363. The van der Waals surface area contributed by atoms with E-state index in [9.17, 15) is 0 Å². The van der Waals surface area contributed by atoms with E-state index < -0.39 is 0 Å². The van der Waals surface area contributed by atoms with Gasteiger partial charge in [-0.15, -0.1) is 0 Å². The van der Waals surface area contributed by atoms with Crippen LogP contribution in [0.15, 0.2) is 78.9 Å². The third kappa shape index (κ3) is 4.05. The summed E-state index contributed by atoms with van der Waals surface area (Å²) in [5.41, 5.74) is 7.26. The summed E-state index contributed by atoms with van der Waals surface area (Å²) in [6.07, 6.45) is 4.26. The molecule has 0 unspecified atom stereocenters. The zero-order valence-corrected chi connectivity index (χ0v) is 19.1. The number of anilines is 1. The van der Waals surface area contributed by atoms with Crippen LogP contribution < -0.4 is 5.32 Å². The first-order valence-corrected chi connectivity index (χ1v) is 11.8. The zero-order chi connectivity index (χ0) is 21.9. The second-order valence-corrected chi connectivity index (χ2v) is 8.94. The highest BCUT2D eigenvalue weighted by atomic mass is 35.5. The number of hydrogen-bond acceptors (Lipinski definition) is 2. The molecule has 1 aromatic heterocycles. The van der Waals surface area contributed by atoms with Crippen molar-refractivity contribution in [3.63, 3.8) is 0 Å². The van der Waals surface area contributed by atoms with Crippen molar-refractivity contribution < 1.29 is 0 Å². The van der Waals surface area contributed by atoms with Crippen molar-refractivity contribution in [2.45, 2.75) is 38.5 Å². The lowest BCUT2D eigenvalue weighted by atomic mass is 9.86. The van der Waals surface area contributed by atoms with E-state index in [1.807, 2.05) is 12.1 Å². The number of aromatic nitrogens is 2. The van der Waals surface area contributed by atoms with Crippen LogP contribution in [0.2, 0.25) is 5.02 Å². The van der Waals surface area contributed by atoms with Gasteiger partial charge in [-0.25, -0.2) is 4.68 Å². The van der Waals surface area contributed by atoms with E-state index in [1.54, 1.807) is 0 Å². The van der Waals surface area contributed by atoms with Crippen LogP contribution in [-0.4, -0.2) is 16.3 Å². The average molecular weight is 442 g/mol. The standard InChI is InChI=1S/C28H28ClN3/c1-20-25(29)16-10-17-27(20)32-28-23(15-8-9-18-30-28)26(31-32)19-24(21-11-4-2-5-12-21)22-13-6-3-7-14-22/h2-7,10-14,16-17,24,30H,8-9,15,18-19H2,1H3. The molecule has 5 rings (SSSR count). The summed E-state index contributed by atoms with van der Waals surface area (Å²) >= 11 is 6.47. The second-order valence-electron chi connectivity index (χ2n) is 8.53. The van der Waals surface area contributed by atoms with E-state index in [0.717, 1.165) is 41.5 Å². The van der Waals surface area contributed by atoms with Crippen LogP contribution in [0.4, 0.5) is 5.82 Å². The van der Waals surface area contributed by atoms with Crippen molar-refractivity contribution >= 4 is 17.4 Å². The van der Waals surface area contributed by atoms with Crippen LogP contribution in [0, 0.1) is 6.92 Å². The van der Waals surface area contributed by atoms with Crippen molar-refractivity contribution in [3.8, 4) is 5.69 Å². The SMILES string of the molecule is Cc1c(Cl)cccc1-n1nc(CC(c2ccccc2)c2ccccc2)c2c1NCCCC2. The third-order valence-corrected chi connectivity index (χ3v) is 6.89. The van der Waals surface area contributed by atoms with Crippen LogP contribution in [-0.2, 0) is 12.8 Å². The van der Waals surface area contributed by atoms with Crippen molar-refractivity contribution in [3.05, 3.63) is 112 Å². The molecule has 3 nitrogen and oxygen atoms in total. The highest BCUT2D eigenvalue weighted by Gasteiger charge is 2.25. The van der Waals surface area contributed by atoms with Crippen LogP contribution in [0.1, 0.15) is 46.7 Å². The van der Waals surface area contributed by atoms with Gasteiger partial charge in [0.2, 0.25) is 0 Å². The smallest absolute Gasteiger partial charge is 0.133 e. The van der Waals surface area contributed by atoms with Crippen molar-refractivity contribution in [1.82, 2.24) is 9.78 Å². The van der Waals surface area contributed by atoms with Gasteiger partial charge in [0.25, 0.3) is 0 Å². The normalized spacial score (nSPS) is 13.5. The largest absolute Gasteiger partial charge is 0.370 e. The molecular weight excluding hydrogens is 414 g/mol. The molecule has 0 radical (unpaired) electrons. The van der Waals surface area contributed by atoms with Crippen molar-refractivity contribution in [2.24, 2.45) is 0 Å². The highest BCUT2D eigenvalue weighted by molar-refractivity contribution is 6.31. The molecule has 0 saturated carbocycles. The molecule has 1 aliphatic heterocycles. The Morgan fingerprint density at radius 2 is 1.59 bits per heavy atom. The lowest BCUT2D eigenvalue weighted by Gasteiger charge is -2.18. The first-order chi connectivity index (χ1) is 15.7. The zero-order valence-electron chi connectivity index (χ0n) is 18.4. The first kappa shape index (κ1) is 20.8. The predicted molar refractivity (Wildman–Crippen MR) is 133 cm³/mol. The summed E-state index contributed by atoms with van der Waals surface area (Å²) in [6, 6.07) is 27.6. The maximum absolute atomic E-state index is 6.47. The van der Waals surface area contributed by atoms with Crippen molar-refractivity contribution in [2.75, 3.05) is 11.9 Å². The fraction of sp³-hybridized carbons (Fsp3) is 0.250. The molecule has 2 heterocycles. The lowest BCUT2D eigenvalue weighted by Crippen LogP contribution is -2.09. The molecule has 3 aromatic carbocycles. The van der Waals surface area contributed by atoms with Gasteiger partial charge in [0.05, 0.1) is 11.4 Å². The molecule has 0 spiro atoms. The van der Waals surface area contributed by atoms with Gasteiger partial charge in [-0.3, -0.25) is 0 Å². The molecule has 32 heavy (non-hydrogen) atoms. The van der Waals surface area contributed by atoms with Crippen LogP contribution in [0.5, 0.6) is 0 Å². The van der Waals surface area contributed by atoms with E-state index in [0.29, 0.717) is 0 Å². The molecule has 1 aliphatic rings. The number of halogens is 1. The monoisotopic (exact) mass is 441 g/mol. The summed E-state index contributed by atoms with van der Waals surface area (Å²) in [4.78, 5) is 0. The van der Waals surface area contributed by atoms with Gasteiger partial charge in [-0.2, -0.15) is 5.10 Å². The summed E-state index contributed by atoms with van der Waals surface area (Å²) in [6.45, 7) is 3.04. The molecular formula is C28H28ClN3. The maximum atomic E-state index is 6.47. The maximum Gasteiger partial charge on any atom is 0.133 e. The van der Waals surface area contributed by atoms with Gasteiger partial charge in [0.15, 0.2) is 0 Å². The minimum absolute atomic E-state index is 0.258. The minimum Gasteiger partial charge on any atom is -0.370 e. The molecule has 0 atom stereocenters. The van der Waals surface area contributed by atoms with Gasteiger partial charge in [0.1, 0.15) is 5.82 Å². The molecule has 4 aromatic rings. The number of nitrogens with zero attached hydrogens (tertiary/aromatic N) is 2. The number of nitrogens with one attached hydrogen (secondary N) is 1. The summed E-state index contributed by atoms with van der Waals surface area (Å²) in [5, 5.41) is 9.63. The number of benzene rings is 3. The Hall–Kier alpha value is -3.04. The van der Waals surface area contributed by atoms with Crippen LogP contribution in [0.25, 0.3) is 5.69 Å².